The molecule has 162 valence electrons. The number of aryl methyl sites for hydroxylation is 1. The Kier molecular flexibility index (Phi) is 6.82. The molecule has 0 spiro atoms. The fourth-order valence-electron chi connectivity index (χ4n) is 3.16. The number of ether oxygens (including phenoxy) is 2. The van der Waals surface area contributed by atoms with E-state index in [0.717, 1.165) is 27.4 Å². The van der Waals surface area contributed by atoms with Crippen LogP contribution in [-0.4, -0.2) is 24.6 Å². The minimum atomic E-state index is -0.192. The van der Waals surface area contributed by atoms with Crippen LogP contribution in [0.3, 0.4) is 0 Å². The summed E-state index contributed by atoms with van der Waals surface area (Å²) >= 11 is 1.63. The van der Waals surface area contributed by atoms with Gasteiger partial charge in [0.05, 0.1) is 12.8 Å². The molecule has 0 aliphatic carbocycles. The molecule has 1 N–H and O–H groups in total. The molecule has 4 rings (SSSR count). The monoisotopic (exact) mass is 444 g/mol. The second-order valence-corrected chi connectivity index (χ2v) is 8.18. The molecule has 5 nitrogen and oxygen atoms in total. The molecule has 0 radical (unpaired) electrons. The highest BCUT2D eigenvalue weighted by Crippen LogP contribution is 2.29. The molecule has 4 aromatic rings. The summed E-state index contributed by atoms with van der Waals surface area (Å²) < 4.78 is 10.8. The number of hydrogen-bond acceptors (Lipinski definition) is 5. The van der Waals surface area contributed by atoms with Gasteiger partial charge in [-0.05, 0) is 24.6 Å². The topological polar surface area (TPSA) is 60.5 Å². The molecule has 3 aromatic carbocycles. The lowest BCUT2D eigenvalue weighted by Gasteiger charge is -2.10. The van der Waals surface area contributed by atoms with E-state index in [1.807, 2.05) is 36.4 Å². The number of amides is 1. The molecular weight excluding hydrogens is 420 g/mol. The van der Waals surface area contributed by atoms with Crippen LogP contribution < -0.4 is 14.8 Å². The van der Waals surface area contributed by atoms with Gasteiger partial charge < -0.3 is 14.8 Å². The van der Waals surface area contributed by atoms with E-state index < -0.39 is 0 Å². The van der Waals surface area contributed by atoms with Gasteiger partial charge in [-0.3, -0.25) is 4.79 Å². The molecule has 0 fully saturated rings. The predicted molar refractivity (Wildman–Crippen MR) is 128 cm³/mol. The third-order valence-electron chi connectivity index (χ3n) is 4.97. The Morgan fingerprint density at radius 1 is 0.938 bits per heavy atom. The minimum Gasteiger partial charge on any atom is -0.493 e. The van der Waals surface area contributed by atoms with Crippen molar-refractivity contribution in [3.63, 3.8) is 0 Å². The number of thiazole rings is 1. The van der Waals surface area contributed by atoms with Gasteiger partial charge in [0.25, 0.3) is 5.91 Å². The Morgan fingerprint density at radius 2 is 1.62 bits per heavy atom. The fourth-order valence-corrected chi connectivity index (χ4v) is 4.00. The van der Waals surface area contributed by atoms with Crippen molar-refractivity contribution < 1.29 is 14.3 Å². The number of carbonyl (C=O) groups is 1. The quantitative estimate of drug-likeness (QED) is 0.390. The standard InChI is InChI=1S/C26H24N2O3S/c1-18-7-11-20(12-8-18)22-17-32-26(28-22)21-13-9-19(10-14-21)15-27-25(29)16-31-24-6-4-3-5-23(24)30-2/h3-14,17H,15-16H2,1-2H3,(H,27,29). The largest absolute Gasteiger partial charge is 0.493 e. The molecule has 32 heavy (non-hydrogen) atoms. The minimum absolute atomic E-state index is 0.0701. The van der Waals surface area contributed by atoms with E-state index in [1.165, 1.54) is 5.56 Å². The van der Waals surface area contributed by atoms with Crippen LogP contribution in [0, 0.1) is 6.92 Å². The average molecular weight is 445 g/mol. The number of rotatable bonds is 8. The Balaban J connectivity index is 1.31. The lowest BCUT2D eigenvalue weighted by atomic mass is 10.1. The molecule has 0 aliphatic rings. The van der Waals surface area contributed by atoms with Crippen molar-refractivity contribution in [2.24, 2.45) is 0 Å². The molecule has 0 atom stereocenters. The van der Waals surface area contributed by atoms with Crippen molar-refractivity contribution >= 4 is 17.2 Å². The number of carbonyl (C=O) groups excluding carboxylic acids is 1. The van der Waals surface area contributed by atoms with Crippen LogP contribution in [0.5, 0.6) is 11.5 Å². The van der Waals surface area contributed by atoms with Gasteiger partial charge in [0.2, 0.25) is 0 Å². The smallest absolute Gasteiger partial charge is 0.258 e. The first-order chi connectivity index (χ1) is 15.6. The number of benzene rings is 3. The molecule has 0 bridgehead atoms. The summed E-state index contributed by atoms with van der Waals surface area (Å²) in [4.78, 5) is 16.9. The van der Waals surface area contributed by atoms with Gasteiger partial charge in [-0.2, -0.15) is 0 Å². The Hall–Kier alpha value is -3.64. The van der Waals surface area contributed by atoms with Crippen molar-refractivity contribution in [1.82, 2.24) is 10.3 Å². The zero-order chi connectivity index (χ0) is 22.3. The highest BCUT2D eigenvalue weighted by molar-refractivity contribution is 7.13. The molecule has 6 heteroatoms. The lowest BCUT2D eigenvalue weighted by Crippen LogP contribution is -2.28. The summed E-state index contributed by atoms with van der Waals surface area (Å²) in [7, 11) is 1.57. The van der Waals surface area contributed by atoms with Crippen molar-refractivity contribution in [2.75, 3.05) is 13.7 Å². The maximum Gasteiger partial charge on any atom is 0.258 e. The van der Waals surface area contributed by atoms with Gasteiger partial charge in [0, 0.05) is 23.1 Å². The van der Waals surface area contributed by atoms with E-state index in [9.17, 15) is 4.79 Å². The van der Waals surface area contributed by atoms with Crippen molar-refractivity contribution in [2.45, 2.75) is 13.5 Å². The Bertz CT molecular complexity index is 1180. The molecule has 0 aliphatic heterocycles. The Labute approximate surface area is 191 Å². The zero-order valence-corrected chi connectivity index (χ0v) is 18.8. The molecule has 0 unspecified atom stereocenters. The molecule has 1 heterocycles. The van der Waals surface area contributed by atoms with Gasteiger partial charge in [0.15, 0.2) is 18.1 Å². The molecule has 1 aromatic heterocycles. The van der Waals surface area contributed by atoms with E-state index in [0.29, 0.717) is 18.0 Å². The molecule has 0 saturated heterocycles. The maximum atomic E-state index is 12.2. The van der Waals surface area contributed by atoms with Crippen LogP contribution in [-0.2, 0) is 11.3 Å². The number of para-hydroxylation sites is 2. The summed E-state index contributed by atoms with van der Waals surface area (Å²) in [6.45, 7) is 2.44. The number of nitrogens with one attached hydrogen (secondary N) is 1. The first kappa shape index (κ1) is 21.6. The molecule has 0 saturated carbocycles. The predicted octanol–water partition coefficient (Wildman–Crippen LogP) is 5.49. The highest BCUT2D eigenvalue weighted by Gasteiger charge is 2.09. The summed E-state index contributed by atoms with van der Waals surface area (Å²) in [5.74, 6) is 0.953. The van der Waals surface area contributed by atoms with Gasteiger partial charge in [-0.15, -0.1) is 11.3 Å². The van der Waals surface area contributed by atoms with Crippen LogP contribution in [0.25, 0.3) is 21.8 Å². The number of nitrogens with zero attached hydrogens (tertiary/aromatic N) is 1. The summed E-state index contributed by atoms with van der Waals surface area (Å²) in [6, 6.07) is 23.7. The number of hydrogen-bond donors (Lipinski definition) is 1. The summed E-state index contributed by atoms with van der Waals surface area (Å²) in [5, 5.41) is 5.93. The van der Waals surface area contributed by atoms with Crippen LogP contribution in [0.15, 0.2) is 78.2 Å². The highest BCUT2D eigenvalue weighted by atomic mass is 32.1. The van der Waals surface area contributed by atoms with Gasteiger partial charge >= 0.3 is 0 Å². The fraction of sp³-hybridized carbons (Fsp3) is 0.154. The first-order valence-electron chi connectivity index (χ1n) is 10.3. The first-order valence-corrected chi connectivity index (χ1v) is 11.1. The third kappa shape index (κ3) is 5.34. The summed E-state index contributed by atoms with van der Waals surface area (Å²) in [5.41, 5.74) is 5.40. The van der Waals surface area contributed by atoms with E-state index in [4.69, 9.17) is 14.5 Å². The van der Waals surface area contributed by atoms with Crippen LogP contribution in [0.1, 0.15) is 11.1 Å². The molecular formula is C26H24N2O3S. The lowest BCUT2D eigenvalue weighted by molar-refractivity contribution is -0.123. The number of aromatic nitrogens is 1. The zero-order valence-electron chi connectivity index (χ0n) is 18.0. The van der Waals surface area contributed by atoms with Gasteiger partial charge in [-0.25, -0.2) is 4.98 Å². The van der Waals surface area contributed by atoms with Crippen molar-refractivity contribution in [1.29, 1.82) is 0 Å². The average Bonchev–Trinajstić information content (AvgIpc) is 3.32. The van der Waals surface area contributed by atoms with Crippen molar-refractivity contribution in [3.05, 3.63) is 89.3 Å². The van der Waals surface area contributed by atoms with E-state index in [2.05, 4.69) is 41.9 Å². The van der Waals surface area contributed by atoms with Gasteiger partial charge in [-0.1, -0.05) is 66.2 Å². The molecule has 1 amide bonds. The third-order valence-corrected chi connectivity index (χ3v) is 5.86. The van der Waals surface area contributed by atoms with E-state index >= 15 is 0 Å². The van der Waals surface area contributed by atoms with E-state index in [1.54, 1.807) is 30.6 Å². The van der Waals surface area contributed by atoms with Crippen LogP contribution >= 0.6 is 11.3 Å². The normalized spacial score (nSPS) is 10.6. The second-order valence-electron chi connectivity index (χ2n) is 7.32. The van der Waals surface area contributed by atoms with Crippen LogP contribution in [0.4, 0.5) is 0 Å². The Morgan fingerprint density at radius 3 is 2.34 bits per heavy atom. The van der Waals surface area contributed by atoms with Crippen molar-refractivity contribution in [3.8, 4) is 33.3 Å². The second kappa shape index (κ2) is 10.1. The summed E-state index contributed by atoms with van der Waals surface area (Å²) in [6.07, 6.45) is 0. The van der Waals surface area contributed by atoms with Crippen LogP contribution in [0.2, 0.25) is 0 Å². The van der Waals surface area contributed by atoms with Gasteiger partial charge in [0.1, 0.15) is 5.01 Å². The number of methoxy groups -OCH3 is 1. The van der Waals surface area contributed by atoms with E-state index in [-0.39, 0.29) is 12.5 Å². The maximum absolute atomic E-state index is 12.2. The SMILES string of the molecule is COc1ccccc1OCC(=O)NCc1ccc(-c2nc(-c3ccc(C)cc3)cs2)cc1.